The third-order valence-electron chi connectivity index (χ3n) is 3.55. The van der Waals surface area contributed by atoms with Gasteiger partial charge in [0.1, 0.15) is 5.37 Å². The number of fused-ring (bicyclic) bond motifs is 1. The summed E-state index contributed by atoms with van der Waals surface area (Å²) in [7, 11) is -3.45. The number of hydrogen-bond donors (Lipinski definition) is 1. The Morgan fingerprint density at radius 2 is 2.12 bits per heavy atom. The summed E-state index contributed by atoms with van der Waals surface area (Å²) in [6.07, 6.45) is -0.337. The Morgan fingerprint density at radius 3 is 2.56 bits per heavy atom. The predicted octanol–water partition coefficient (Wildman–Crippen LogP) is -0.405. The molecule has 0 radical (unpaired) electrons. The summed E-state index contributed by atoms with van der Waals surface area (Å²) in [6.45, 7) is 2.98. The summed E-state index contributed by atoms with van der Waals surface area (Å²) >= 11 is 0. The van der Waals surface area contributed by atoms with Gasteiger partial charge in [-0.1, -0.05) is 0 Å². The molecule has 0 aromatic heterocycles. The second kappa shape index (κ2) is 2.97. The van der Waals surface area contributed by atoms with Crippen LogP contribution >= 0.6 is 0 Å². The summed E-state index contributed by atoms with van der Waals surface area (Å²) in [5.41, 5.74) is 0. The van der Waals surface area contributed by atoms with E-state index in [1.807, 2.05) is 0 Å². The van der Waals surface area contributed by atoms with Gasteiger partial charge in [-0.25, -0.2) is 8.42 Å². The standard InChI is InChI=1S/C9H13NO5S/c1-9(2)5(3-8(12)13)10-6(11)4-7(10)16(9,14)15/h5,7H,3-4H2,1-2H3,(H,12,13)/t5-,7+/m0/s1. The normalized spacial score (nSPS) is 34.4. The maximum Gasteiger partial charge on any atom is 0.305 e. The van der Waals surface area contributed by atoms with Crippen LogP contribution in [0.25, 0.3) is 0 Å². The number of carbonyl (C=O) groups is 2. The van der Waals surface area contributed by atoms with E-state index in [4.69, 9.17) is 5.11 Å². The Morgan fingerprint density at radius 1 is 1.56 bits per heavy atom. The van der Waals surface area contributed by atoms with Gasteiger partial charge in [0.15, 0.2) is 9.84 Å². The Kier molecular flexibility index (Phi) is 2.11. The van der Waals surface area contributed by atoms with E-state index in [2.05, 4.69) is 0 Å². The molecule has 2 fully saturated rings. The van der Waals surface area contributed by atoms with Crippen molar-refractivity contribution >= 4 is 21.7 Å². The van der Waals surface area contributed by atoms with E-state index in [-0.39, 0.29) is 18.7 Å². The van der Waals surface area contributed by atoms with Gasteiger partial charge in [0.2, 0.25) is 5.91 Å². The number of amides is 1. The molecule has 0 spiro atoms. The van der Waals surface area contributed by atoms with Crippen LogP contribution in [-0.4, -0.2) is 46.5 Å². The molecule has 2 saturated heterocycles. The van der Waals surface area contributed by atoms with Gasteiger partial charge in [0.25, 0.3) is 0 Å². The second-order valence-electron chi connectivity index (χ2n) is 4.72. The van der Waals surface area contributed by atoms with Crippen LogP contribution in [0.2, 0.25) is 0 Å². The molecule has 0 unspecified atom stereocenters. The lowest BCUT2D eigenvalue weighted by atomic mass is 9.95. The Balaban J connectivity index is 2.44. The Bertz CT molecular complexity index is 466. The molecule has 7 heteroatoms. The number of rotatable bonds is 2. The van der Waals surface area contributed by atoms with E-state index in [1.54, 1.807) is 0 Å². The first kappa shape index (κ1) is 11.4. The summed E-state index contributed by atoms with van der Waals surface area (Å²) < 4.78 is 22.9. The highest BCUT2D eigenvalue weighted by Gasteiger charge is 2.65. The van der Waals surface area contributed by atoms with Crippen molar-refractivity contribution in [2.75, 3.05) is 0 Å². The molecule has 0 bridgehead atoms. The van der Waals surface area contributed by atoms with Crippen LogP contribution in [0.1, 0.15) is 26.7 Å². The summed E-state index contributed by atoms with van der Waals surface area (Å²) in [4.78, 5) is 23.3. The summed E-state index contributed by atoms with van der Waals surface area (Å²) in [5, 5.41) is 7.95. The average molecular weight is 247 g/mol. The van der Waals surface area contributed by atoms with Crippen molar-refractivity contribution in [2.45, 2.75) is 42.9 Å². The zero-order valence-electron chi connectivity index (χ0n) is 9.00. The molecule has 2 aliphatic rings. The van der Waals surface area contributed by atoms with Gasteiger partial charge in [-0.3, -0.25) is 9.59 Å². The first-order valence-corrected chi connectivity index (χ1v) is 6.50. The Hall–Kier alpha value is -1.11. The van der Waals surface area contributed by atoms with Gasteiger partial charge in [0.05, 0.1) is 23.6 Å². The van der Waals surface area contributed by atoms with Crippen LogP contribution in [-0.2, 0) is 19.4 Å². The number of carbonyl (C=O) groups excluding carboxylic acids is 1. The third-order valence-corrected chi connectivity index (χ3v) is 6.39. The molecule has 0 saturated carbocycles. The van der Waals surface area contributed by atoms with Crippen LogP contribution < -0.4 is 0 Å². The van der Waals surface area contributed by atoms with Crippen molar-refractivity contribution in [3.05, 3.63) is 0 Å². The van der Waals surface area contributed by atoms with E-state index < -0.39 is 32.0 Å². The molecular weight excluding hydrogens is 234 g/mol. The largest absolute Gasteiger partial charge is 0.481 e. The molecule has 2 rings (SSSR count). The number of hydrogen-bond acceptors (Lipinski definition) is 4. The third kappa shape index (κ3) is 1.15. The van der Waals surface area contributed by atoms with Crippen molar-refractivity contribution in [3.8, 4) is 0 Å². The quantitative estimate of drug-likeness (QED) is 0.670. The SMILES string of the molecule is CC1(C)[C@H](CC(=O)O)N2C(=O)C[C@H]2S1(=O)=O. The number of β-lactam (4-membered cyclic amide) rings is 1. The monoisotopic (exact) mass is 247 g/mol. The fourth-order valence-corrected chi connectivity index (χ4v) is 4.62. The van der Waals surface area contributed by atoms with Crippen molar-refractivity contribution < 1.29 is 23.1 Å². The lowest BCUT2D eigenvalue weighted by molar-refractivity contribution is -0.147. The van der Waals surface area contributed by atoms with Crippen LogP contribution in [0, 0.1) is 0 Å². The van der Waals surface area contributed by atoms with Crippen LogP contribution in [0.3, 0.4) is 0 Å². The molecule has 16 heavy (non-hydrogen) atoms. The number of sulfone groups is 1. The molecule has 0 aromatic rings. The maximum absolute atomic E-state index is 12.0. The maximum atomic E-state index is 12.0. The van der Waals surface area contributed by atoms with E-state index in [1.165, 1.54) is 18.7 Å². The van der Waals surface area contributed by atoms with E-state index in [0.29, 0.717) is 0 Å². The van der Waals surface area contributed by atoms with Gasteiger partial charge in [-0.15, -0.1) is 0 Å². The minimum absolute atomic E-state index is 0.0120. The fraction of sp³-hybridized carbons (Fsp3) is 0.778. The van der Waals surface area contributed by atoms with Gasteiger partial charge >= 0.3 is 5.97 Å². The molecule has 1 amide bonds. The van der Waals surface area contributed by atoms with Gasteiger partial charge in [-0.2, -0.15) is 0 Å². The van der Waals surface area contributed by atoms with Crippen molar-refractivity contribution in [1.29, 1.82) is 0 Å². The lowest BCUT2D eigenvalue weighted by Gasteiger charge is -2.37. The average Bonchev–Trinajstić information content (AvgIpc) is 2.21. The van der Waals surface area contributed by atoms with Crippen LogP contribution in [0.15, 0.2) is 0 Å². The lowest BCUT2D eigenvalue weighted by Crippen LogP contribution is -2.54. The van der Waals surface area contributed by atoms with Gasteiger partial charge in [0, 0.05) is 0 Å². The molecule has 90 valence electrons. The number of aliphatic carboxylic acids is 1. The molecule has 0 aliphatic carbocycles. The Labute approximate surface area is 93.1 Å². The minimum atomic E-state index is -3.45. The van der Waals surface area contributed by atoms with Crippen molar-refractivity contribution in [3.63, 3.8) is 0 Å². The van der Waals surface area contributed by atoms with Crippen molar-refractivity contribution in [2.24, 2.45) is 0 Å². The van der Waals surface area contributed by atoms with Crippen LogP contribution in [0.4, 0.5) is 0 Å². The molecule has 6 nitrogen and oxygen atoms in total. The topological polar surface area (TPSA) is 91.8 Å². The highest BCUT2D eigenvalue weighted by molar-refractivity contribution is 7.93. The van der Waals surface area contributed by atoms with Gasteiger partial charge in [-0.05, 0) is 13.8 Å². The number of carboxylic acid groups (broad SMARTS) is 1. The fourth-order valence-electron chi connectivity index (χ4n) is 2.42. The molecule has 0 aromatic carbocycles. The van der Waals surface area contributed by atoms with E-state index in [0.717, 1.165) is 0 Å². The first-order valence-electron chi connectivity index (χ1n) is 4.96. The zero-order chi connectivity index (χ0) is 12.3. The molecule has 1 N–H and O–H groups in total. The summed E-state index contributed by atoms with van der Waals surface area (Å²) in [5.74, 6) is -1.36. The number of carboxylic acids is 1. The predicted molar refractivity (Wildman–Crippen MR) is 54.3 cm³/mol. The van der Waals surface area contributed by atoms with Crippen LogP contribution in [0.5, 0.6) is 0 Å². The molecule has 2 aliphatic heterocycles. The number of nitrogens with zero attached hydrogens (tertiary/aromatic N) is 1. The smallest absolute Gasteiger partial charge is 0.305 e. The van der Waals surface area contributed by atoms with Crippen molar-refractivity contribution in [1.82, 2.24) is 4.90 Å². The molecule has 2 atom stereocenters. The van der Waals surface area contributed by atoms with E-state index in [9.17, 15) is 18.0 Å². The molecule has 2 heterocycles. The highest BCUT2D eigenvalue weighted by atomic mass is 32.2. The van der Waals surface area contributed by atoms with E-state index >= 15 is 0 Å². The zero-order valence-corrected chi connectivity index (χ0v) is 9.82. The minimum Gasteiger partial charge on any atom is -0.481 e. The first-order chi connectivity index (χ1) is 7.19. The second-order valence-corrected chi connectivity index (χ2v) is 7.41. The summed E-state index contributed by atoms with van der Waals surface area (Å²) in [6, 6.07) is -0.749. The molecular formula is C9H13NO5S. The van der Waals surface area contributed by atoms with Gasteiger partial charge < -0.3 is 10.0 Å². The highest BCUT2D eigenvalue weighted by Crippen LogP contribution is 2.46.